The van der Waals surface area contributed by atoms with Crippen molar-refractivity contribution in [1.82, 2.24) is 9.80 Å². The first-order chi connectivity index (χ1) is 11.6. The Kier molecular flexibility index (Phi) is 5.30. The molecule has 1 saturated heterocycles. The lowest BCUT2D eigenvalue weighted by Gasteiger charge is -2.21. The Balaban J connectivity index is 1.60. The number of carbonyl (C=O) groups is 1. The van der Waals surface area contributed by atoms with Crippen LogP contribution in [-0.2, 0) is 11.3 Å². The molecule has 128 valence electrons. The molecular weight excluding hydrogens is 306 g/mol. The lowest BCUT2D eigenvalue weighted by atomic mass is 10.1. The normalized spacial score (nSPS) is 20.0. The summed E-state index contributed by atoms with van der Waals surface area (Å²) in [5, 5.41) is 10.1. The quantitative estimate of drug-likeness (QED) is 0.852. The average Bonchev–Trinajstić information content (AvgIpc) is 3.01. The molecule has 1 aliphatic rings. The number of furan rings is 1. The fourth-order valence-electron chi connectivity index (χ4n) is 3.10. The first kappa shape index (κ1) is 16.7. The van der Waals surface area contributed by atoms with Crippen molar-refractivity contribution in [2.24, 2.45) is 5.73 Å². The van der Waals surface area contributed by atoms with Crippen LogP contribution in [0.3, 0.4) is 0 Å². The summed E-state index contributed by atoms with van der Waals surface area (Å²) in [4.78, 5) is 15.2. The summed E-state index contributed by atoms with van der Waals surface area (Å²) >= 11 is 0. The molecule has 0 spiro atoms. The van der Waals surface area contributed by atoms with Crippen LogP contribution in [0.25, 0.3) is 11.3 Å². The van der Waals surface area contributed by atoms with Gasteiger partial charge >= 0.3 is 0 Å². The van der Waals surface area contributed by atoms with Crippen molar-refractivity contribution < 1.29 is 14.3 Å². The average molecular weight is 329 g/mol. The van der Waals surface area contributed by atoms with Crippen LogP contribution in [0.5, 0.6) is 0 Å². The molecule has 6 heteroatoms. The van der Waals surface area contributed by atoms with Gasteiger partial charge in [0.1, 0.15) is 5.76 Å². The molecule has 3 N–H and O–H groups in total. The van der Waals surface area contributed by atoms with Gasteiger partial charge in [0.2, 0.25) is 5.91 Å². The number of hydrogen-bond acceptors (Lipinski definition) is 5. The van der Waals surface area contributed by atoms with Gasteiger partial charge in [-0.15, -0.1) is 0 Å². The molecule has 0 unspecified atom stereocenters. The molecule has 1 aromatic heterocycles. The first-order valence-electron chi connectivity index (χ1n) is 8.14. The summed E-state index contributed by atoms with van der Waals surface area (Å²) in [6.45, 7) is 3.56. The third-order valence-electron chi connectivity index (χ3n) is 4.22. The van der Waals surface area contributed by atoms with Crippen LogP contribution in [0.4, 0.5) is 0 Å². The summed E-state index contributed by atoms with van der Waals surface area (Å²) in [6.07, 6.45) is 1.19. The molecule has 0 bridgehead atoms. The van der Waals surface area contributed by atoms with E-state index in [1.165, 1.54) is 5.56 Å². The number of rotatable bonds is 5. The Morgan fingerprint density at radius 2 is 1.88 bits per heavy atom. The van der Waals surface area contributed by atoms with E-state index < -0.39 is 6.10 Å². The maximum atomic E-state index is 11.1. The minimum absolute atomic E-state index is 0.197. The maximum absolute atomic E-state index is 11.1. The molecule has 1 amide bonds. The van der Waals surface area contributed by atoms with Crippen molar-refractivity contribution in [3.8, 4) is 11.3 Å². The van der Waals surface area contributed by atoms with Crippen LogP contribution in [0.2, 0.25) is 0 Å². The van der Waals surface area contributed by atoms with Crippen molar-refractivity contribution in [2.45, 2.75) is 12.6 Å². The molecule has 2 aromatic rings. The van der Waals surface area contributed by atoms with Crippen LogP contribution in [0, 0.1) is 0 Å². The molecule has 1 aromatic carbocycles. The minimum atomic E-state index is -0.478. The van der Waals surface area contributed by atoms with Gasteiger partial charge in [-0.3, -0.25) is 14.6 Å². The SMILES string of the molecule is NC(=O)CN1CCN(Cc2ccc(-c3ccco3)cc2)C[C@H](O)C1. The molecule has 0 aliphatic carbocycles. The molecule has 2 heterocycles. The highest BCUT2D eigenvalue weighted by Crippen LogP contribution is 2.20. The third-order valence-corrected chi connectivity index (χ3v) is 4.22. The Labute approximate surface area is 141 Å². The molecule has 3 rings (SSSR count). The van der Waals surface area contributed by atoms with Crippen LogP contribution in [-0.4, -0.2) is 59.6 Å². The summed E-state index contributed by atoms with van der Waals surface area (Å²) in [5.41, 5.74) is 7.48. The molecule has 0 radical (unpaired) electrons. The lowest BCUT2D eigenvalue weighted by molar-refractivity contribution is -0.119. The summed E-state index contributed by atoms with van der Waals surface area (Å²) < 4.78 is 5.40. The highest BCUT2D eigenvalue weighted by atomic mass is 16.3. The third kappa shape index (κ3) is 4.44. The number of aliphatic hydroxyl groups excluding tert-OH is 1. The van der Waals surface area contributed by atoms with E-state index in [1.54, 1.807) is 6.26 Å². The predicted octanol–water partition coefficient (Wildman–Crippen LogP) is 0.910. The van der Waals surface area contributed by atoms with Gasteiger partial charge in [0.15, 0.2) is 0 Å². The Morgan fingerprint density at radius 1 is 1.17 bits per heavy atom. The fourth-order valence-corrected chi connectivity index (χ4v) is 3.10. The number of carbonyl (C=O) groups excluding carboxylic acids is 1. The van der Waals surface area contributed by atoms with Crippen LogP contribution in [0.1, 0.15) is 5.56 Å². The van der Waals surface area contributed by atoms with Crippen molar-refractivity contribution in [3.05, 3.63) is 48.2 Å². The molecule has 1 aliphatic heterocycles. The number of aliphatic hydroxyl groups is 1. The number of β-amino-alcohol motifs (C(OH)–C–C–N with tert-alkyl or cyclic N) is 1. The summed E-state index contributed by atoms with van der Waals surface area (Å²) in [7, 11) is 0. The van der Waals surface area contributed by atoms with Crippen LogP contribution < -0.4 is 5.73 Å². The van der Waals surface area contributed by atoms with Gasteiger partial charge in [0, 0.05) is 38.3 Å². The predicted molar refractivity (Wildman–Crippen MR) is 91.1 cm³/mol. The summed E-state index contributed by atoms with van der Waals surface area (Å²) in [6, 6.07) is 12.1. The summed E-state index contributed by atoms with van der Waals surface area (Å²) in [5.74, 6) is 0.498. The number of primary amides is 1. The van der Waals surface area contributed by atoms with E-state index in [9.17, 15) is 9.90 Å². The number of benzene rings is 1. The number of hydrogen-bond donors (Lipinski definition) is 2. The molecule has 1 fully saturated rings. The second-order valence-corrected chi connectivity index (χ2v) is 6.26. The van der Waals surface area contributed by atoms with Crippen LogP contribution >= 0.6 is 0 Å². The molecule has 0 saturated carbocycles. The minimum Gasteiger partial charge on any atom is -0.464 e. The van der Waals surface area contributed by atoms with Gasteiger partial charge in [0.25, 0.3) is 0 Å². The topological polar surface area (TPSA) is 82.9 Å². The molecular formula is C18H23N3O3. The zero-order valence-corrected chi connectivity index (χ0v) is 13.6. The highest BCUT2D eigenvalue weighted by Gasteiger charge is 2.22. The Morgan fingerprint density at radius 3 is 2.54 bits per heavy atom. The van der Waals surface area contributed by atoms with Crippen molar-refractivity contribution in [1.29, 1.82) is 0 Å². The van der Waals surface area contributed by atoms with E-state index in [2.05, 4.69) is 17.0 Å². The van der Waals surface area contributed by atoms with Gasteiger partial charge in [0.05, 0.1) is 18.9 Å². The van der Waals surface area contributed by atoms with Crippen molar-refractivity contribution in [2.75, 3.05) is 32.7 Å². The van der Waals surface area contributed by atoms with E-state index in [1.807, 2.05) is 29.2 Å². The fraction of sp³-hybridized carbons (Fsp3) is 0.389. The first-order valence-corrected chi connectivity index (χ1v) is 8.14. The van der Waals surface area contributed by atoms with E-state index in [4.69, 9.17) is 10.2 Å². The van der Waals surface area contributed by atoms with E-state index >= 15 is 0 Å². The van der Waals surface area contributed by atoms with Crippen molar-refractivity contribution in [3.63, 3.8) is 0 Å². The highest BCUT2D eigenvalue weighted by molar-refractivity contribution is 5.75. The smallest absolute Gasteiger partial charge is 0.231 e. The zero-order valence-electron chi connectivity index (χ0n) is 13.6. The number of amides is 1. The largest absolute Gasteiger partial charge is 0.464 e. The van der Waals surface area contributed by atoms with Gasteiger partial charge in [-0.2, -0.15) is 0 Å². The van der Waals surface area contributed by atoms with Crippen LogP contribution in [0.15, 0.2) is 47.1 Å². The van der Waals surface area contributed by atoms with E-state index in [-0.39, 0.29) is 12.5 Å². The molecule has 1 atom stereocenters. The lowest BCUT2D eigenvalue weighted by Crippen LogP contribution is -2.38. The monoisotopic (exact) mass is 329 g/mol. The maximum Gasteiger partial charge on any atom is 0.231 e. The molecule has 6 nitrogen and oxygen atoms in total. The second-order valence-electron chi connectivity index (χ2n) is 6.26. The standard InChI is InChI=1S/C18H23N3O3/c19-18(23)13-21-8-7-20(11-16(22)12-21)10-14-3-5-15(6-4-14)17-2-1-9-24-17/h1-6,9,16,22H,7-8,10-13H2,(H2,19,23)/t16-/m0/s1. The van der Waals surface area contributed by atoms with E-state index in [0.29, 0.717) is 13.1 Å². The van der Waals surface area contributed by atoms with Gasteiger partial charge in [-0.05, 0) is 17.7 Å². The Bertz CT molecular complexity index is 655. The molecule has 24 heavy (non-hydrogen) atoms. The number of nitrogens with zero attached hydrogens (tertiary/aromatic N) is 2. The second kappa shape index (κ2) is 7.61. The van der Waals surface area contributed by atoms with Gasteiger partial charge in [-0.25, -0.2) is 0 Å². The van der Waals surface area contributed by atoms with E-state index in [0.717, 1.165) is 31.0 Å². The van der Waals surface area contributed by atoms with Crippen molar-refractivity contribution >= 4 is 5.91 Å². The zero-order chi connectivity index (χ0) is 16.9. The Hall–Kier alpha value is -2.15. The van der Waals surface area contributed by atoms with Gasteiger partial charge in [-0.1, -0.05) is 24.3 Å². The van der Waals surface area contributed by atoms with Gasteiger partial charge < -0.3 is 15.3 Å². The number of nitrogens with two attached hydrogens (primary N) is 1.